The van der Waals surface area contributed by atoms with Gasteiger partial charge in [-0.15, -0.1) is 0 Å². The Bertz CT molecular complexity index is 494. The third kappa shape index (κ3) is 4.50. The van der Waals surface area contributed by atoms with Crippen LogP contribution in [0.25, 0.3) is 0 Å². The zero-order chi connectivity index (χ0) is 15.5. The normalized spacial score (nSPS) is 30.3. The highest BCUT2D eigenvalue weighted by Crippen LogP contribution is 2.61. The minimum Gasteiger partial charge on any atom is -0.304 e. The molecular weight excluding hydrogens is 327 g/mol. The van der Waals surface area contributed by atoms with E-state index >= 15 is 0 Å². The molecule has 0 bridgehead atoms. The summed E-state index contributed by atoms with van der Waals surface area (Å²) in [5.74, 6) is 1.35. The van der Waals surface area contributed by atoms with Crippen LogP contribution in [0.5, 0.6) is 0 Å². The van der Waals surface area contributed by atoms with Crippen molar-refractivity contribution in [3.8, 4) is 0 Å². The van der Waals surface area contributed by atoms with Crippen LogP contribution >= 0.6 is 29.9 Å². The van der Waals surface area contributed by atoms with E-state index in [1.54, 1.807) is 18.7 Å². The van der Waals surface area contributed by atoms with E-state index in [2.05, 4.69) is 12.1 Å². The second-order valence-corrected chi connectivity index (χ2v) is 10.8. The SMILES string of the molecule is CCCSP(=O)(OCC)O/N=C1\SC(C)(C2CC2)N=C1C. The van der Waals surface area contributed by atoms with Gasteiger partial charge >= 0.3 is 6.80 Å². The summed E-state index contributed by atoms with van der Waals surface area (Å²) in [7, 11) is 0. The van der Waals surface area contributed by atoms with Crippen LogP contribution in [0.2, 0.25) is 0 Å². The van der Waals surface area contributed by atoms with E-state index < -0.39 is 6.80 Å². The molecule has 2 atom stereocenters. The molecule has 0 N–H and O–H groups in total. The summed E-state index contributed by atoms with van der Waals surface area (Å²) < 4.78 is 23.1. The van der Waals surface area contributed by atoms with Gasteiger partial charge in [0.05, 0.1) is 12.3 Å². The van der Waals surface area contributed by atoms with Crippen molar-refractivity contribution in [2.45, 2.75) is 51.8 Å². The Balaban J connectivity index is 2.02. The first-order valence-electron chi connectivity index (χ1n) is 7.34. The van der Waals surface area contributed by atoms with Gasteiger partial charge in [0.1, 0.15) is 4.87 Å². The van der Waals surface area contributed by atoms with Gasteiger partial charge in [-0.2, -0.15) is 0 Å². The van der Waals surface area contributed by atoms with Gasteiger partial charge in [0.25, 0.3) is 0 Å². The maximum atomic E-state index is 12.5. The molecular formula is C13H23N2O3PS2. The Morgan fingerprint density at radius 2 is 2.24 bits per heavy atom. The molecule has 0 saturated heterocycles. The van der Waals surface area contributed by atoms with Crippen molar-refractivity contribution in [3.05, 3.63) is 0 Å². The fourth-order valence-electron chi connectivity index (χ4n) is 2.08. The lowest BCUT2D eigenvalue weighted by Crippen LogP contribution is -2.16. The standard InChI is InChI=1S/C13H23N2O3PS2/c1-5-9-20-19(16,17-6-2)18-15-12-10(3)14-13(4,21-12)11-7-8-11/h11H,5-9H2,1-4H3/b15-12-. The van der Waals surface area contributed by atoms with Gasteiger partial charge in [-0.1, -0.05) is 23.8 Å². The largest absolute Gasteiger partial charge is 0.459 e. The zero-order valence-electron chi connectivity index (χ0n) is 13.0. The number of aliphatic imine (C=N–C) groups is 1. The van der Waals surface area contributed by atoms with Gasteiger partial charge in [0.2, 0.25) is 0 Å². The molecule has 8 heteroatoms. The number of hydrogen-bond acceptors (Lipinski definition) is 7. The molecule has 0 aromatic heterocycles. The summed E-state index contributed by atoms with van der Waals surface area (Å²) in [6.45, 7) is 5.03. The molecule has 0 spiro atoms. The van der Waals surface area contributed by atoms with Crippen LogP contribution in [-0.2, 0) is 13.7 Å². The Morgan fingerprint density at radius 1 is 1.52 bits per heavy atom. The molecule has 1 aliphatic heterocycles. The summed E-state index contributed by atoms with van der Waals surface area (Å²) >= 11 is 2.82. The molecule has 1 saturated carbocycles. The molecule has 2 unspecified atom stereocenters. The Kier molecular flexibility index (Phi) is 5.85. The van der Waals surface area contributed by atoms with Crippen LogP contribution in [-0.4, -0.2) is 28.0 Å². The van der Waals surface area contributed by atoms with Gasteiger partial charge < -0.3 is 4.62 Å². The zero-order valence-corrected chi connectivity index (χ0v) is 15.5. The van der Waals surface area contributed by atoms with Crippen LogP contribution in [0.3, 0.4) is 0 Å². The topological polar surface area (TPSA) is 60.2 Å². The fraction of sp³-hybridized carbons (Fsp3) is 0.846. The number of rotatable bonds is 8. The van der Waals surface area contributed by atoms with E-state index in [-0.39, 0.29) is 4.87 Å². The first kappa shape index (κ1) is 17.4. The highest BCUT2D eigenvalue weighted by molar-refractivity contribution is 8.55. The minimum atomic E-state index is -3.20. The van der Waals surface area contributed by atoms with Crippen LogP contribution < -0.4 is 0 Å². The van der Waals surface area contributed by atoms with Crippen LogP contribution in [0.15, 0.2) is 10.1 Å². The highest BCUT2D eigenvalue weighted by atomic mass is 32.7. The molecule has 1 heterocycles. The summed E-state index contributed by atoms with van der Waals surface area (Å²) in [4.78, 5) is 4.58. The van der Waals surface area contributed by atoms with E-state index in [4.69, 9.17) is 14.1 Å². The molecule has 1 aliphatic carbocycles. The van der Waals surface area contributed by atoms with Crippen molar-refractivity contribution in [2.24, 2.45) is 16.1 Å². The van der Waals surface area contributed by atoms with Crippen LogP contribution in [0.1, 0.15) is 47.0 Å². The predicted molar refractivity (Wildman–Crippen MR) is 92.3 cm³/mol. The summed E-state index contributed by atoms with van der Waals surface area (Å²) in [6, 6.07) is 0. The van der Waals surface area contributed by atoms with Crippen molar-refractivity contribution < 1.29 is 13.7 Å². The highest BCUT2D eigenvalue weighted by Gasteiger charge is 2.47. The Labute approximate surface area is 135 Å². The van der Waals surface area contributed by atoms with Gasteiger partial charge in [-0.25, -0.2) is 4.57 Å². The lowest BCUT2D eigenvalue weighted by molar-refractivity contribution is 0.237. The van der Waals surface area contributed by atoms with Gasteiger partial charge in [-0.3, -0.25) is 9.52 Å². The maximum Gasteiger partial charge on any atom is 0.459 e. The van der Waals surface area contributed by atoms with E-state index in [9.17, 15) is 4.57 Å². The Morgan fingerprint density at radius 3 is 2.81 bits per heavy atom. The van der Waals surface area contributed by atoms with E-state index in [1.165, 1.54) is 24.2 Å². The van der Waals surface area contributed by atoms with Gasteiger partial charge in [0, 0.05) is 5.75 Å². The lowest BCUT2D eigenvalue weighted by Gasteiger charge is -2.18. The third-order valence-electron chi connectivity index (χ3n) is 3.30. The van der Waals surface area contributed by atoms with Crippen LogP contribution in [0, 0.1) is 5.92 Å². The molecule has 0 aromatic rings. The van der Waals surface area contributed by atoms with E-state index in [1.807, 2.05) is 13.8 Å². The predicted octanol–water partition coefficient (Wildman–Crippen LogP) is 4.94. The van der Waals surface area contributed by atoms with Crippen molar-refractivity contribution >= 4 is 40.7 Å². The third-order valence-corrected chi connectivity index (χ3v) is 8.48. The van der Waals surface area contributed by atoms with Gasteiger partial charge in [-0.05, 0) is 57.3 Å². The quantitative estimate of drug-likeness (QED) is 0.458. The monoisotopic (exact) mass is 350 g/mol. The second kappa shape index (κ2) is 7.07. The van der Waals surface area contributed by atoms with Crippen molar-refractivity contribution in [1.82, 2.24) is 0 Å². The Hall–Kier alpha value is 0.0300. The molecule has 1 fully saturated rings. The van der Waals surface area contributed by atoms with Crippen molar-refractivity contribution in [1.29, 1.82) is 0 Å². The maximum absolute atomic E-state index is 12.5. The second-order valence-electron chi connectivity index (χ2n) is 5.30. The lowest BCUT2D eigenvalue weighted by atomic mass is 10.2. The fourth-order valence-corrected chi connectivity index (χ4v) is 6.46. The summed E-state index contributed by atoms with van der Waals surface area (Å²) in [6.07, 6.45) is 3.35. The summed E-state index contributed by atoms with van der Waals surface area (Å²) in [5, 5.41) is 4.82. The first-order chi connectivity index (χ1) is 9.92. The first-order valence-corrected chi connectivity index (χ1v) is 11.3. The molecule has 5 nitrogen and oxygen atoms in total. The average molecular weight is 350 g/mol. The molecule has 0 radical (unpaired) electrons. The number of thioether (sulfide) groups is 1. The molecule has 2 rings (SSSR count). The number of oxime groups is 1. The molecule has 0 aromatic carbocycles. The van der Waals surface area contributed by atoms with Crippen LogP contribution in [0.4, 0.5) is 0 Å². The molecule has 21 heavy (non-hydrogen) atoms. The van der Waals surface area contributed by atoms with E-state index in [0.29, 0.717) is 12.5 Å². The number of hydrogen-bond donors (Lipinski definition) is 0. The van der Waals surface area contributed by atoms with Crippen molar-refractivity contribution in [2.75, 3.05) is 12.4 Å². The summed E-state index contributed by atoms with van der Waals surface area (Å²) in [5.41, 5.74) is 0.859. The molecule has 120 valence electrons. The smallest absolute Gasteiger partial charge is 0.304 e. The van der Waals surface area contributed by atoms with E-state index in [0.717, 1.165) is 22.9 Å². The van der Waals surface area contributed by atoms with Crippen molar-refractivity contribution in [3.63, 3.8) is 0 Å². The molecule has 2 aliphatic rings. The molecule has 0 amide bonds. The minimum absolute atomic E-state index is 0.127. The number of nitrogens with zero attached hydrogens (tertiary/aromatic N) is 2. The average Bonchev–Trinajstić information content (AvgIpc) is 3.23. The van der Waals surface area contributed by atoms with Gasteiger partial charge in [0.15, 0.2) is 5.04 Å².